The van der Waals surface area contributed by atoms with Gasteiger partial charge in [-0.05, 0) is 25.1 Å². The Kier molecular flexibility index (Phi) is 3.01. The number of nitrogens with zero attached hydrogens (tertiary/aromatic N) is 2. The first-order chi connectivity index (χ1) is 8.54. The SMILES string of the molecule is COC(=O)c1nn(-c2cccc(F)c2)c(N)c1C. The molecule has 0 unspecified atom stereocenters. The van der Waals surface area contributed by atoms with Crippen LogP contribution in [0.5, 0.6) is 0 Å². The number of halogens is 1. The molecule has 5 nitrogen and oxygen atoms in total. The van der Waals surface area contributed by atoms with Crippen LogP contribution in [0.15, 0.2) is 24.3 Å². The Hall–Kier alpha value is -2.37. The van der Waals surface area contributed by atoms with Crippen molar-refractivity contribution in [2.45, 2.75) is 6.92 Å². The fraction of sp³-hybridized carbons (Fsp3) is 0.167. The second kappa shape index (κ2) is 4.48. The monoisotopic (exact) mass is 249 g/mol. The summed E-state index contributed by atoms with van der Waals surface area (Å²) in [7, 11) is 1.26. The van der Waals surface area contributed by atoms with E-state index in [1.165, 1.54) is 23.9 Å². The normalized spacial score (nSPS) is 10.4. The Bertz CT molecular complexity index is 607. The van der Waals surface area contributed by atoms with Crippen LogP contribution in [0.2, 0.25) is 0 Å². The molecule has 94 valence electrons. The van der Waals surface area contributed by atoms with Gasteiger partial charge in [0.1, 0.15) is 11.6 Å². The molecule has 1 aromatic carbocycles. The van der Waals surface area contributed by atoms with Crippen LogP contribution in [0.25, 0.3) is 5.69 Å². The van der Waals surface area contributed by atoms with E-state index in [0.29, 0.717) is 11.3 Å². The summed E-state index contributed by atoms with van der Waals surface area (Å²) >= 11 is 0. The minimum atomic E-state index is -0.575. The molecule has 1 heterocycles. The number of anilines is 1. The number of hydrogen-bond donors (Lipinski definition) is 1. The number of ether oxygens (including phenoxy) is 1. The first kappa shape index (κ1) is 12.1. The number of benzene rings is 1. The Balaban J connectivity index is 2.56. The van der Waals surface area contributed by atoms with E-state index in [1.807, 2.05) is 0 Å². The van der Waals surface area contributed by atoms with E-state index in [-0.39, 0.29) is 11.5 Å². The maximum Gasteiger partial charge on any atom is 0.358 e. The van der Waals surface area contributed by atoms with Crippen molar-refractivity contribution < 1.29 is 13.9 Å². The lowest BCUT2D eigenvalue weighted by Crippen LogP contribution is -2.05. The van der Waals surface area contributed by atoms with Gasteiger partial charge in [-0.2, -0.15) is 5.10 Å². The molecule has 0 spiro atoms. The van der Waals surface area contributed by atoms with Crippen molar-refractivity contribution in [1.29, 1.82) is 0 Å². The fourth-order valence-electron chi connectivity index (χ4n) is 1.60. The van der Waals surface area contributed by atoms with Crippen LogP contribution in [0.4, 0.5) is 10.2 Å². The first-order valence-corrected chi connectivity index (χ1v) is 5.24. The van der Waals surface area contributed by atoms with Gasteiger partial charge in [0.05, 0.1) is 12.8 Å². The van der Waals surface area contributed by atoms with E-state index in [1.54, 1.807) is 19.1 Å². The molecule has 0 amide bonds. The van der Waals surface area contributed by atoms with Crippen molar-refractivity contribution in [1.82, 2.24) is 9.78 Å². The number of carbonyl (C=O) groups excluding carboxylic acids is 1. The van der Waals surface area contributed by atoms with Gasteiger partial charge in [0, 0.05) is 5.56 Å². The number of carbonyl (C=O) groups is 1. The summed E-state index contributed by atoms with van der Waals surface area (Å²) in [4.78, 5) is 11.5. The predicted molar refractivity (Wildman–Crippen MR) is 64.0 cm³/mol. The molecule has 0 atom stereocenters. The number of esters is 1. The zero-order chi connectivity index (χ0) is 13.3. The van der Waals surface area contributed by atoms with Crippen molar-refractivity contribution in [3.8, 4) is 5.69 Å². The quantitative estimate of drug-likeness (QED) is 0.822. The summed E-state index contributed by atoms with van der Waals surface area (Å²) in [5.74, 6) is -0.699. The lowest BCUT2D eigenvalue weighted by atomic mass is 10.2. The van der Waals surface area contributed by atoms with Crippen molar-refractivity contribution in [2.24, 2.45) is 0 Å². The molecule has 0 radical (unpaired) electrons. The third kappa shape index (κ3) is 1.92. The standard InChI is InChI=1S/C12H12FN3O2/c1-7-10(12(17)18-2)15-16(11(7)14)9-5-3-4-8(13)6-9/h3-6H,14H2,1-2H3. The van der Waals surface area contributed by atoms with Crippen LogP contribution in [0.1, 0.15) is 16.1 Å². The van der Waals surface area contributed by atoms with Crippen molar-refractivity contribution in [3.63, 3.8) is 0 Å². The number of methoxy groups -OCH3 is 1. The van der Waals surface area contributed by atoms with Crippen LogP contribution in [-0.2, 0) is 4.74 Å². The summed E-state index contributed by atoms with van der Waals surface area (Å²) in [6.45, 7) is 1.66. The van der Waals surface area contributed by atoms with E-state index >= 15 is 0 Å². The molecule has 0 bridgehead atoms. The van der Waals surface area contributed by atoms with Gasteiger partial charge in [-0.15, -0.1) is 0 Å². The highest BCUT2D eigenvalue weighted by atomic mass is 19.1. The van der Waals surface area contributed by atoms with Crippen LogP contribution in [-0.4, -0.2) is 22.9 Å². The molecule has 2 aromatic rings. The van der Waals surface area contributed by atoms with Gasteiger partial charge in [0.25, 0.3) is 0 Å². The lowest BCUT2D eigenvalue weighted by Gasteiger charge is -2.03. The summed E-state index contributed by atoms with van der Waals surface area (Å²) < 4.78 is 19.1. The fourth-order valence-corrected chi connectivity index (χ4v) is 1.60. The maximum atomic E-state index is 13.1. The first-order valence-electron chi connectivity index (χ1n) is 5.24. The number of rotatable bonds is 2. The van der Waals surface area contributed by atoms with E-state index in [4.69, 9.17) is 5.73 Å². The molecule has 6 heteroatoms. The average Bonchev–Trinajstić information content (AvgIpc) is 2.66. The van der Waals surface area contributed by atoms with Crippen LogP contribution >= 0.6 is 0 Å². The topological polar surface area (TPSA) is 70.1 Å². The Morgan fingerprint density at radius 3 is 2.83 bits per heavy atom. The zero-order valence-electron chi connectivity index (χ0n) is 9.98. The van der Waals surface area contributed by atoms with Crippen LogP contribution in [0.3, 0.4) is 0 Å². The molecule has 0 aliphatic carbocycles. The number of aromatic nitrogens is 2. The molecule has 0 aliphatic rings. The van der Waals surface area contributed by atoms with E-state index in [2.05, 4.69) is 9.84 Å². The molecule has 0 aliphatic heterocycles. The predicted octanol–water partition coefficient (Wildman–Crippen LogP) is 1.69. The summed E-state index contributed by atoms with van der Waals surface area (Å²) in [5, 5.41) is 4.04. The largest absolute Gasteiger partial charge is 0.464 e. The van der Waals surface area contributed by atoms with Gasteiger partial charge in [-0.1, -0.05) is 6.07 Å². The maximum absolute atomic E-state index is 13.1. The van der Waals surface area contributed by atoms with Gasteiger partial charge < -0.3 is 10.5 Å². The summed E-state index contributed by atoms with van der Waals surface area (Å²) in [5.41, 5.74) is 6.93. The molecule has 2 N–H and O–H groups in total. The second-order valence-corrected chi connectivity index (χ2v) is 3.74. The molecule has 1 aromatic heterocycles. The molecular weight excluding hydrogens is 237 g/mol. The van der Waals surface area contributed by atoms with Crippen molar-refractivity contribution in [2.75, 3.05) is 12.8 Å². The number of nitrogens with two attached hydrogens (primary N) is 1. The van der Waals surface area contributed by atoms with Crippen LogP contribution < -0.4 is 5.73 Å². The van der Waals surface area contributed by atoms with Crippen molar-refractivity contribution in [3.05, 3.63) is 41.3 Å². The van der Waals surface area contributed by atoms with Gasteiger partial charge in [0.15, 0.2) is 5.69 Å². The molecule has 2 rings (SSSR count). The zero-order valence-corrected chi connectivity index (χ0v) is 9.98. The third-order valence-corrected chi connectivity index (χ3v) is 2.60. The molecule has 0 saturated carbocycles. The van der Waals surface area contributed by atoms with E-state index in [9.17, 15) is 9.18 Å². The Morgan fingerprint density at radius 1 is 1.50 bits per heavy atom. The molecule has 18 heavy (non-hydrogen) atoms. The van der Waals surface area contributed by atoms with Crippen LogP contribution in [0, 0.1) is 12.7 Å². The second-order valence-electron chi connectivity index (χ2n) is 3.74. The highest BCUT2D eigenvalue weighted by molar-refractivity contribution is 5.90. The third-order valence-electron chi connectivity index (χ3n) is 2.60. The minimum Gasteiger partial charge on any atom is -0.464 e. The van der Waals surface area contributed by atoms with E-state index in [0.717, 1.165) is 0 Å². The van der Waals surface area contributed by atoms with Gasteiger partial charge in [-0.25, -0.2) is 13.9 Å². The number of nitrogen functional groups attached to an aromatic ring is 1. The Morgan fingerprint density at radius 2 is 2.22 bits per heavy atom. The molecular formula is C12H12FN3O2. The lowest BCUT2D eigenvalue weighted by molar-refractivity contribution is 0.0592. The van der Waals surface area contributed by atoms with Gasteiger partial charge >= 0.3 is 5.97 Å². The van der Waals surface area contributed by atoms with E-state index < -0.39 is 11.8 Å². The van der Waals surface area contributed by atoms with Crippen molar-refractivity contribution >= 4 is 11.8 Å². The summed E-state index contributed by atoms with van der Waals surface area (Å²) in [6, 6.07) is 5.78. The highest BCUT2D eigenvalue weighted by Crippen LogP contribution is 2.21. The number of hydrogen-bond acceptors (Lipinski definition) is 4. The summed E-state index contributed by atoms with van der Waals surface area (Å²) in [6.07, 6.45) is 0. The minimum absolute atomic E-state index is 0.124. The average molecular weight is 249 g/mol. The Labute approximate surface area is 103 Å². The highest BCUT2D eigenvalue weighted by Gasteiger charge is 2.19. The van der Waals surface area contributed by atoms with Gasteiger partial charge in [-0.3, -0.25) is 0 Å². The van der Waals surface area contributed by atoms with Gasteiger partial charge in [0.2, 0.25) is 0 Å². The molecule has 0 fully saturated rings. The smallest absolute Gasteiger partial charge is 0.358 e. The molecule has 0 saturated heterocycles.